The lowest BCUT2D eigenvalue weighted by Crippen LogP contribution is -2.62. The van der Waals surface area contributed by atoms with Crippen LogP contribution in [0.15, 0.2) is 0 Å². The predicted octanol–water partition coefficient (Wildman–Crippen LogP) is 1.32. The average molecular weight is 691 g/mol. The second-order valence-corrected chi connectivity index (χ2v) is 13.4. The number of ether oxygens (including phenoxy) is 2. The molecule has 2 rings (SSSR count). The molecule has 48 heavy (non-hydrogen) atoms. The first kappa shape index (κ1) is 42.3. The molecular formula is C34H62N2O12. The van der Waals surface area contributed by atoms with Gasteiger partial charge in [0, 0.05) is 13.2 Å². The molecule has 2 saturated carbocycles. The van der Waals surface area contributed by atoms with E-state index >= 15 is 0 Å². The summed E-state index contributed by atoms with van der Waals surface area (Å²) in [7, 11) is 0. The number of carboxylic acid groups (broad SMARTS) is 2. The molecule has 0 bridgehead atoms. The van der Waals surface area contributed by atoms with Crippen LogP contribution in [0.3, 0.4) is 0 Å². The van der Waals surface area contributed by atoms with Crippen LogP contribution in [0.25, 0.3) is 0 Å². The van der Waals surface area contributed by atoms with E-state index in [0.717, 1.165) is 25.7 Å². The second-order valence-electron chi connectivity index (χ2n) is 13.4. The van der Waals surface area contributed by atoms with Gasteiger partial charge in [-0.1, -0.05) is 71.6 Å². The Morgan fingerprint density at radius 1 is 0.688 bits per heavy atom. The van der Waals surface area contributed by atoms with Crippen molar-refractivity contribution in [3.63, 3.8) is 0 Å². The van der Waals surface area contributed by atoms with Crippen LogP contribution in [0.2, 0.25) is 0 Å². The molecule has 2 fully saturated rings. The van der Waals surface area contributed by atoms with E-state index in [9.17, 15) is 50.1 Å². The number of hydrogen-bond donors (Lipinski definition) is 9. The van der Waals surface area contributed by atoms with Gasteiger partial charge in [0.2, 0.25) is 5.91 Å². The zero-order valence-corrected chi connectivity index (χ0v) is 28.8. The normalized spacial score (nSPS) is 31.3. The van der Waals surface area contributed by atoms with Gasteiger partial charge in [0.25, 0.3) is 0 Å². The van der Waals surface area contributed by atoms with Crippen molar-refractivity contribution in [2.24, 2.45) is 11.8 Å². The van der Waals surface area contributed by atoms with Crippen LogP contribution in [-0.4, -0.2) is 128 Å². The van der Waals surface area contributed by atoms with Crippen molar-refractivity contribution < 1.29 is 59.6 Å². The highest BCUT2D eigenvalue weighted by atomic mass is 16.5. The first-order valence-corrected chi connectivity index (χ1v) is 18.1. The monoisotopic (exact) mass is 690 g/mol. The van der Waals surface area contributed by atoms with E-state index in [4.69, 9.17) is 9.47 Å². The minimum Gasteiger partial charge on any atom is -0.481 e. The van der Waals surface area contributed by atoms with Crippen LogP contribution in [0.5, 0.6) is 0 Å². The van der Waals surface area contributed by atoms with E-state index < -0.39 is 84.6 Å². The molecule has 0 unspecified atom stereocenters. The molecule has 14 nitrogen and oxygen atoms in total. The van der Waals surface area contributed by atoms with Crippen LogP contribution in [0, 0.1) is 11.8 Å². The Labute approximate surface area is 284 Å². The van der Waals surface area contributed by atoms with E-state index in [0.29, 0.717) is 32.4 Å². The molecule has 2 aliphatic carbocycles. The fourth-order valence-electron chi connectivity index (χ4n) is 6.75. The van der Waals surface area contributed by atoms with Crippen molar-refractivity contribution in [3.8, 4) is 0 Å². The lowest BCUT2D eigenvalue weighted by Gasteiger charge is -2.45. The summed E-state index contributed by atoms with van der Waals surface area (Å²) in [5.74, 6) is -5.40. The molecule has 1 amide bonds. The van der Waals surface area contributed by atoms with Gasteiger partial charge in [-0.05, 0) is 45.1 Å². The molecular weight excluding hydrogens is 628 g/mol. The van der Waals surface area contributed by atoms with Gasteiger partial charge >= 0.3 is 11.9 Å². The van der Waals surface area contributed by atoms with E-state index in [2.05, 4.69) is 17.6 Å². The molecule has 0 heterocycles. The Kier molecular flexibility index (Phi) is 20.0. The number of carbonyl (C=O) groups is 3. The molecule has 280 valence electrons. The number of aliphatic carboxylic acids is 2. The first-order valence-electron chi connectivity index (χ1n) is 18.1. The number of likely N-dealkylation sites (N-methyl/N-ethyl adjacent to an activating group) is 1. The Morgan fingerprint density at radius 2 is 1.27 bits per heavy atom. The summed E-state index contributed by atoms with van der Waals surface area (Å²) < 4.78 is 11.7. The first-order chi connectivity index (χ1) is 22.9. The van der Waals surface area contributed by atoms with Crippen LogP contribution in [0.4, 0.5) is 0 Å². The van der Waals surface area contributed by atoms with Gasteiger partial charge in [0.15, 0.2) is 0 Å². The van der Waals surface area contributed by atoms with Crippen LogP contribution in [-0.2, 0) is 23.9 Å². The van der Waals surface area contributed by atoms with Gasteiger partial charge in [0.05, 0.1) is 36.3 Å². The third kappa shape index (κ3) is 13.4. The molecule has 0 aliphatic heterocycles. The summed E-state index contributed by atoms with van der Waals surface area (Å²) in [6, 6.07) is -0.699. The lowest BCUT2D eigenvalue weighted by molar-refractivity contribution is -0.237. The quantitative estimate of drug-likeness (QED) is 0.0651. The Hall–Kier alpha value is -1.91. The van der Waals surface area contributed by atoms with Crippen molar-refractivity contribution in [3.05, 3.63) is 0 Å². The van der Waals surface area contributed by atoms with E-state index in [1.54, 1.807) is 6.92 Å². The molecule has 11 atom stereocenters. The maximum absolute atomic E-state index is 13.0. The van der Waals surface area contributed by atoms with Gasteiger partial charge in [-0.2, -0.15) is 0 Å². The molecule has 9 N–H and O–H groups in total. The molecule has 2 aliphatic rings. The summed E-state index contributed by atoms with van der Waals surface area (Å²) >= 11 is 0. The molecule has 0 aromatic carbocycles. The van der Waals surface area contributed by atoms with Crippen LogP contribution in [0.1, 0.15) is 110 Å². The van der Waals surface area contributed by atoms with Crippen LogP contribution < -0.4 is 10.6 Å². The minimum absolute atomic E-state index is 0.148. The Morgan fingerprint density at radius 3 is 1.85 bits per heavy atom. The molecule has 0 aromatic heterocycles. The van der Waals surface area contributed by atoms with Crippen molar-refractivity contribution in [2.75, 3.05) is 19.7 Å². The molecule has 14 heteroatoms. The number of carbonyl (C=O) groups excluding carboxylic acids is 1. The molecule has 0 radical (unpaired) electrons. The molecule has 0 aromatic rings. The number of aliphatic hydroxyl groups is 5. The number of nitrogens with one attached hydrogen (secondary N) is 2. The third-order valence-electron chi connectivity index (χ3n) is 9.71. The summed E-state index contributed by atoms with van der Waals surface area (Å²) in [5.41, 5.74) is 0. The van der Waals surface area contributed by atoms with Crippen molar-refractivity contribution >= 4 is 17.8 Å². The second kappa shape index (κ2) is 22.7. The number of hydrogen-bond acceptors (Lipinski definition) is 11. The number of amides is 1. The number of carboxylic acids is 2. The number of aliphatic hydroxyl groups excluding tert-OH is 5. The summed E-state index contributed by atoms with van der Waals surface area (Å²) in [6.07, 6.45) is 0.293. The standard InChI is InChI=1S/C34H62N2O12/c1-3-5-6-7-8-9-10-11-12-15-18-47-24-20-22(33(43)44)31(30(41)27(24)38)48-25-19-21(26(37)29(40)28(25)39)32(42)36-17-14-13-16-23(34(45)46)35-4-2/h21-31,35,37-41H,3-20H2,1-2H3,(H,36,42)(H,43,44)(H,45,46)/t21-,22-,23-,24+,25+,26+,27-,28-,29-,30+,31+/m0/s1. The maximum Gasteiger partial charge on any atom is 0.320 e. The summed E-state index contributed by atoms with van der Waals surface area (Å²) in [4.78, 5) is 36.5. The Bertz CT molecular complexity index is 942. The fourth-order valence-corrected chi connectivity index (χ4v) is 6.75. The van der Waals surface area contributed by atoms with Crippen molar-refractivity contribution in [1.82, 2.24) is 10.6 Å². The molecule has 0 saturated heterocycles. The highest BCUT2D eigenvalue weighted by Gasteiger charge is 2.52. The van der Waals surface area contributed by atoms with E-state index in [-0.39, 0.29) is 19.4 Å². The van der Waals surface area contributed by atoms with E-state index in [1.165, 1.54) is 38.5 Å². The minimum atomic E-state index is -1.79. The van der Waals surface area contributed by atoms with Gasteiger partial charge in [0.1, 0.15) is 30.5 Å². The topological polar surface area (TPSA) is 235 Å². The van der Waals surface area contributed by atoms with Gasteiger partial charge in [-0.3, -0.25) is 14.4 Å². The number of rotatable bonds is 24. The smallest absolute Gasteiger partial charge is 0.320 e. The van der Waals surface area contributed by atoms with Gasteiger partial charge in [-0.15, -0.1) is 0 Å². The number of unbranched alkanes of at least 4 members (excludes halogenated alkanes) is 10. The van der Waals surface area contributed by atoms with Crippen LogP contribution >= 0.6 is 0 Å². The maximum atomic E-state index is 13.0. The summed E-state index contributed by atoms with van der Waals surface area (Å²) in [6.45, 7) is 4.99. The van der Waals surface area contributed by atoms with E-state index in [1.807, 2.05) is 0 Å². The third-order valence-corrected chi connectivity index (χ3v) is 9.71. The zero-order chi connectivity index (χ0) is 35.6. The van der Waals surface area contributed by atoms with Gasteiger partial charge in [-0.25, -0.2) is 0 Å². The zero-order valence-electron chi connectivity index (χ0n) is 28.8. The van der Waals surface area contributed by atoms with Crippen molar-refractivity contribution in [2.45, 2.75) is 165 Å². The fraction of sp³-hybridized carbons (Fsp3) is 0.912. The highest BCUT2D eigenvalue weighted by molar-refractivity contribution is 5.79. The molecule has 0 spiro atoms. The lowest BCUT2D eigenvalue weighted by atomic mass is 9.78. The summed E-state index contributed by atoms with van der Waals surface area (Å²) in [5, 5.41) is 78.3. The largest absolute Gasteiger partial charge is 0.481 e. The van der Waals surface area contributed by atoms with Crippen molar-refractivity contribution in [1.29, 1.82) is 0 Å². The highest BCUT2D eigenvalue weighted by Crippen LogP contribution is 2.35. The van der Waals surface area contributed by atoms with Gasteiger partial charge < -0.3 is 55.9 Å². The Balaban J connectivity index is 1.88. The predicted molar refractivity (Wildman–Crippen MR) is 176 cm³/mol. The average Bonchev–Trinajstić information content (AvgIpc) is 3.05. The SMILES string of the molecule is CCCCCCCCCCCCO[C@@H]1C[C@H](C(=O)O)[C@@H](O[C@@H]2C[C@H](C(=O)NCCCC[C@H](NCC)C(=O)O)[C@@H](O)[C@H](O)[C@H]2O)[C@H](O)[C@H]1O.